The fraction of sp³-hybridized carbons (Fsp3) is 0.462. The van der Waals surface area contributed by atoms with Gasteiger partial charge < -0.3 is 9.84 Å². The van der Waals surface area contributed by atoms with Crippen molar-refractivity contribution in [2.45, 2.75) is 19.8 Å². The van der Waals surface area contributed by atoms with Gasteiger partial charge in [-0.05, 0) is 31.5 Å². The van der Waals surface area contributed by atoms with Crippen LogP contribution in [-0.4, -0.2) is 28.2 Å². The van der Waals surface area contributed by atoms with Crippen molar-refractivity contribution in [1.29, 1.82) is 0 Å². The van der Waals surface area contributed by atoms with E-state index in [1.807, 2.05) is 25.1 Å². The molecule has 1 saturated heterocycles. The van der Waals surface area contributed by atoms with Gasteiger partial charge in [-0.3, -0.25) is 0 Å². The van der Waals surface area contributed by atoms with Crippen LogP contribution in [0.2, 0.25) is 0 Å². The van der Waals surface area contributed by atoms with Gasteiger partial charge in [-0.2, -0.15) is 4.98 Å². The van der Waals surface area contributed by atoms with Crippen LogP contribution in [0.1, 0.15) is 24.4 Å². The highest BCUT2D eigenvalue weighted by Gasteiger charge is 2.29. The van der Waals surface area contributed by atoms with E-state index in [0.717, 1.165) is 24.5 Å². The Morgan fingerprint density at radius 2 is 2.17 bits per heavy atom. The van der Waals surface area contributed by atoms with E-state index in [1.54, 1.807) is 0 Å². The number of aryl methyl sites for hydroxylation is 1. The molecule has 2 aromatic heterocycles. The van der Waals surface area contributed by atoms with Crippen molar-refractivity contribution in [1.82, 2.24) is 20.4 Å². The second kappa shape index (κ2) is 4.49. The zero-order chi connectivity index (χ0) is 12.5. The predicted octanol–water partition coefficient (Wildman–Crippen LogP) is 1.76. The van der Waals surface area contributed by atoms with Crippen molar-refractivity contribution >= 4 is 0 Å². The fourth-order valence-corrected chi connectivity index (χ4v) is 2.30. The first kappa shape index (κ1) is 11.3. The Kier molecular flexibility index (Phi) is 2.83. The number of pyridine rings is 1. The fourth-order valence-electron chi connectivity index (χ4n) is 2.30. The van der Waals surface area contributed by atoms with Crippen molar-refractivity contribution in [3.8, 4) is 11.5 Å². The Morgan fingerprint density at radius 1 is 1.28 bits per heavy atom. The maximum absolute atomic E-state index is 5.37. The molecule has 5 nitrogen and oxygen atoms in total. The Labute approximate surface area is 106 Å². The van der Waals surface area contributed by atoms with Crippen LogP contribution in [0.5, 0.6) is 0 Å². The standard InChI is InChI=1S/C13H16N4O/c1-8-6-14-7-10(8)13-16-12(17-18-13)11-5-3-4-9(2)15-11/h3-5,8,10,14H,6-7H2,1-2H3/t8-,10-/m1/s1. The zero-order valence-electron chi connectivity index (χ0n) is 10.6. The third-order valence-corrected chi connectivity index (χ3v) is 3.39. The number of nitrogens with zero attached hydrogens (tertiary/aromatic N) is 3. The van der Waals surface area contributed by atoms with Gasteiger partial charge in [0.15, 0.2) is 0 Å². The van der Waals surface area contributed by atoms with Crippen molar-refractivity contribution in [3.05, 3.63) is 29.8 Å². The summed E-state index contributed by atoms with van der Waals surface area (Å²) in [6.45, 7) is 6.06. The molecule has 18 heavy (non-hydrogen) atoms. The van der Waals surface area contributed by atoms with E-state index in [1.165, 1.54) is 0 Å². The van der Waals surface area contributed by atoms with Gasteiger partial charge in [0.2, 0.25) is 11.7 Å². The van der Waals surface area contributed by atoms with Crippen molar-refractivity contribution in [3.63, 3.8) is 0 Å². The van der Waals surface area contributed by atoms with E-state index in [0.29, 0.717) is 23.6 Å². The Morgan fingerprint density at radius 3 is 2.89 bits per heavy atom. The lowest BCUT2D eigenvalue weighted by atomic mass is 9.98. The zero-order valence-corrected chi connectivity index (χ0v) is 10.6. The molecule has 1 N–H and O–H groups in total. The molecule has 0 spiro atoms. The molecule has 0 unspecified atom stereocenters. The maximum Gasteiger partial charge on any atom is 0.231 e. The van der Waals surface area contributed by atoms with E-state index in [-0.39, 0.29) is 0 Å². The number of aromatic nitrogens is 3. The van der Waals surface area contributed by atoms with Crippen molar-refractivity contribution in [2.24, 2.45) is 5.92 Å². The second-order valence-corrected chi connectivity index (χ2v) is 4.86. The van der Waals surface area contributed by atoms with Crippen LogP contribution in [0.15, 0.2) is 22.7 Å². The Balaban J connectivity index is 1.89. The van der Waals surface area contributed by atoms with Gasteiger partial charge in [-0.15, -0.1) is 0 Å². The highest BCUT2D eigenvalue weighted by Crippen LogP contribution is 2.27. The normalized spacial score (nSPS) is 23.4. The van der Waals surface area contributed by atoms with Gasteiger partial charge >= 0.3 is 0 Å². The molecular formula is C13H16N4O. The minimum Gasteiger partial charge on any atom is -0.339 e. The van der Waals surface area contributed by atoms with Gasteiger partial charge in [0.05, 0.1) is 5.92 Å². The minimum atomic E-state index is 0.316. The Bertz CT molecular complexity index is 551. The topological polar surface area (TPSA) is 63.8 Å². The lowest BCUT2D eigenvalue weighted by molar-refractivity contribution is 0.340. The summed E-state index contributed by atoms with van der Waals surface area (Å²) in [6, 6.07) is 5.80. The molecule has 5 heteroatoms. The van der Waals surface area contributed by atoms with E-state index in [4.69, 9.17) is 4.52 Å². The van der Waals surface area contributed by atoms with Gasteiger partial charge in [0.1, 0.15) is 5.69 Å². The Hall–Kier alpha value is -1.75. The summed E-state index contributed by atoms with van der Waals surface area (Å²) in [5.41, 5.74) is 1.72. The summed E-state index contributed by atoms with van der Waals surface area (Å²) < 4.78 is 5.37. The molecule has 0 radical (unpaired) electrons. The van der Waals surface area contributed by atoms with Crippen LogP contribution < -0.4 is 5.32 Å². The molecule has 1 aliphatic rings. The van der Waals surface area contributed by atoms with Crippen LogP contribution in [0.25, 0.3) is 11.5 Å². The summed E-state index contributed by atoms with van der Waals surface area (Å²) in [5.74, 6) is 2.14. The van der Waals surface area contributed by atoms with Crippen LogP contribution in [0.3, 0.4) is 0 Å². The molecule has 1 aliphatic heterocycles. The monoisotopic (exact) mass is 244 g/mol. The lowest BCUT2D eigenvalue weighted by Gasteiger charge is -2.07. The smallest absolute Gasteiger partial charge is 0.231 e. The quantitative estimate of drug-likeness (QED) is 0.872. The molecular weight excluding hydrogens is 228 g/mol. The molecule has 2 atom stereocenters. The number of hydrogen-bond acceptors (Lipinski definition) is 5. The van der Waals surface area contributed by atoms with Gasteiger partial charge in [-0.25, -0.2) is 4.98 Å². The first-order chi connectivity index (χ1) is 8.74. The average molecular weight is 244 g/mol. The molecule has 0 bridgehead atoms. The average Bonchev–Trinajstić information content (AvgIpc) is 2.97. The molecule has 1 fully saturated rings. The van der Waals surface area contributed by atoms with Crippen molar-refractivity contribution < 1.29 is 4.52 Å². The molecule has 3 rings (SSSR count). The third-order valence-electron chi connectivity index (χ3n) is 3.39. The number of nitrogens with one attached hydrogen (secondary N) is 1. The van der Waals surface area contributed by atoms with Crippen molar-refractivity contribution in [2.75, 3.05) is 13.1 Å². The predicted molar refractivity (Wildman–Crippen MR) is 67.0 cm³/mol. The van der Waals surface area contributed by atoms with E-state index >= 15 is 0 Å². The first-order valence-corrected chi connectivity index (χ1v) is 6.22. The molecule has 94 valence electrons. The summed E-state index contributed by atoms with van der Waals surface area (Å²) in [7, 11) is 0. The molecule has 0 saturated carbocycles. The van der Waals surface area contributed by atoms with Crippen LogP contribution in [0, 0.1) is 12.8 Å². The minimum absolute atomic E-state index is 0.316. The summed E-state index contributed by atoms with van der Waals surface area (Å²) in [4.78, 5) is 8.88. The molecule has 2 aromatic rings. The van der Waals surface area contributed by atoms with E-state index < -0.39 is 0 Å². The molecule has 3 heterocycles. The van der Waals surface area contributed by atoms with Crippen LogP contribution >= 0.6 is 0 Å². The molecule has 0 aromatic carbocycles. The first-order valence-electron chi connectivity index (χ1n) is 6.22. The van der Waals surface area contributed by atoms with Gasteiger partial charge in [-0.1, -0.05) is 18.1 Å². The largest absolute Gasteiger partial charge is 0.339 e. The van der Waals surface area contributed by atoms with Crippen LogP contribution in [0.4, 0.5) is 0 Å². The lowest BCUT2D eigenvalue weighted by Crippen LogP contribution is -2.08. The number of rotatable bonds is 2. The summed E-state index contributed by atoms with van der Waals surface area (Å²) in [5, 5.41) is 7.37. The van der Waals surface area contributed by atoms with Gasteiger partial charge in [0, 0.05) is 12.2 Å². The number of hydrogen-bond donors (Lipinski definition) is 1. The van der Waals surface area contributed by atoms with Crippen LogP contribution in [-0.2, 0) is 0 Å². The third kappa shape index (κ3) is 2.01. The SMILES string of the molecule is Cc1cccc(-c2noc([C@@H]3CNC[C@H]3C)n2)n1. The summed E-state index contributed by atoms with van der Waals surface area (Å²) in [6.07, 6.45) is 0. The summed E-state index contributed by atoms with van der Waals surface area (Å²) >= 11 is 0. The highest BCUT2D eigenvalue weighted by molar-refractivity contribution is 5.48. The van der Waals surface area contributed by atoms with E-state index in [9.17, 15) is 0 Å². The van der Waals surface area contributed by atoms with Gasteiger partial charge in [0.25, 0.3) is 0 Å². The van der Waals surface area contributed by atoms with E-state index in [2.05, 4.69) is 27.4 Å². The molecule has 0 amide bonds. The second-order valence-electron chi connectivity index (χ2n) is 4.86. The highest BCUT2D eigenvalue weighted by atomic mass is 16.5. The molecule has 0 aliphatic carbocycles. The maximum atomic E-state index is 5.37.